The lowest BCUT2D eigenvalue weighted by atomic mass is 9.71. The summed E-state index contributed by atoms with van der Waals surface area (Å²) in [6.07, 6.45) is 11.8. The van der Waals surface area contributed by atoms with Crippen LogP contribution in [0.15, 0.2) is 0 Å². The number of piperidine rings is 3. The summed E-state index contributed by atoms with van der Waals surface area (Å²) in [6, 6.07) is 0. The fourth-order valence-corrected chi connectivity index (χ4v) is 5.90. The van der Waals surface area contributed by atoms with Crippen molar-refractivity contribution >= 4 is 0 Å². The van der Waals surface area contributed by atoms with E-state index in [2.05, 4.69) is 21.7 Å². The summed E-state index contributed by atoms with van der Waals surface area (Å²) in [5.41, 5.74) is 0.704. The molecule has 0 radical (unpaired) electrons. The Bertz CT molecular complexity index is 425. The average Bonchev–Trinajstić information content (AvgIpc) is 2.64. The molecule has 0 aromatic heterocycles. The van der Waals surface area contributed by atoms with Crippen molar-refractivity contribution in [2.24, 2.45) is 17.3 Å². The summed E-state index contributed by atoms with van der Waals surface area (Å²) in [4.78, 5) is 8.06. The number of nitrogens with zero attached hydrogens (tertiary/aromatic N) is 3. The maximum Gasteiger partial charge on any atom is 0.0577 e. The van der Waals surface area contributed by atoms with Crippen molar-refractivity contribution in [1.82, 2.24) is 14.7 Å². The maximum atomic E-state index is 5.43. The van der Waals surface area contributed by atoms with Crippen LogP contribution in [0.4, 0.5) is 0 Å². The number of likely N-dealkylation sites (tertiary alicyclic amines) is 3. The van der Waals surface area contributed by atoms with Crippen LogP contribution in [0, 0.1) is 17.3 Å². The molecule has 0 unspecified atom stereocenters. The topological polar surface area (TPSA) is 19.0 Å². The number of methoxy groups -OCH3 is 1. The summed E-state index contributed by atoms with van der Waals surface area (Å²) in [5, 5.41) is 0. The van der Waals surface area contributed by atoms with Crippen molar-refractivity contribution in [2.45, 2.75) is 57.5 Å². The third kappa shape index (κ3) is 4.63. The Hall–Kier alpha value is -0.160. The Morgan fingerprint density at radius 1 is 0.769 bits per heavy atom. The SMILES string of the molecule is CO[C@H]1C[C@H](CN2CCC(CN3CCC4(CCN(C)CC4)CC3)CC2)C1. The first kappa shape index (κ1) is 19.2. The minimum Gasteiger partial charge on any atom is -0.381 e. The molecule has 4 rings (SSSR count). The lowest BCUT2D eigenvalue weighted by molar-refractivity contribution is -0.0156. The molecule has 0 N–H and O–H groups in total. The Morgan fingerprint density at radius 2 is 1.31 bits per heavy atom. The van der Waals surface area contributed by atoms with Crippen LogP contribution in [0.5, 0.6) is 0 Å². The molecule has 0 amide bonds. The number of hydrogen-bond acceptors (Lipinski definition) is 4. The van der Waals surface area contributed by atoms with Crippen molar-refractivity contribution in [1.29, 1.82) is 0 Å². The predicted molar refractivity (Wildman–Crippen MR) is 108 cm³/mol. The molecule has 3 heterocycles. The highest BCUT2D eigenvalue weighted by atomic mass is 16.5. The van der Waals surface area contributed by atoms with E-state index in [9.17, 15) is 0 Å². The van der Waals surface area contributed by atoms with Crippen LogP contribution in [-0.4, -0.2) is 87.3 Å². The van der Waals surface area contributed by atoms with Crippen molar-refractivity contribution in [2.75, 3.05) is 66.5 Å². The molecule has 26 heavy (non-hydrogen) atoms. The number of rotatable bonds is 5. The smallest absolute Gasteiger partial charge is 0.0577 e. The molecular formula is C22H41N3O. The number of hydrogen-bond donors (Lipinski definition) is 0. The zero-order valence-corrected chi connectivity index (χ0v) is 17.3. The summed E-state index contributed by atoms with van der Waals surface area (Å²) in [7, 11) is 4.15. The Kier molecular flexibility index (Phi) is 6.24. The molecule has 1 spiro atoms. The highest BCUT2D eigenvalue weighted by molar-refractivity contribution is 4.91. The molecule has 0 aromatic carbocycles. The van der Waals surface area contributed by atoms with E-state index in [0.717, 1.165) is 11.8 Å². The van der Waals surface area contributed by atoms with Gasteiger partial charge in [0.25, 0.3) is 0 Å². The second kappa shape index (κ2) is 8.46. The lowest BCUT2D eigenvalue weighted by Gasteiger charge is -2.47. The van der Waals surface area contributed by atoms with E-state index >= 15 is 0 Å². The molecule has 4 nitrogen and oxygen atoms in total. The van der Waals surface area contributed by atoms with Crippen LogP contribution in [0.25, 0.3) is 0 Å². The lowest BCUT2D eigenvalue weighted by Crippen LogP contribution is -2.48. The van der Waals surface area contributed by atoms with E-state index in [0.29, 0.717) is 11.5 Å². The number of ether oxygens (including phenoxy) is 1. The molecule has 1 aliphatic carbocycles. The van der Waals surface area contributed by atoms with Crippen LogP contribution in [0.1, 0.15) is 51.4 Å². The molecular weight excluding hydrogens is 322 g/mol. The Balaban J connectivity index is 1.12. The molecule has 150 valence electrons. The Morgan fingerprint density at radius 3 is 1.92 bits per heavy atom. The first-order chi connectivity index (χ1) is 12.6. The molecule has 3 aliphatic heterocycles. The molecule has 4 fully saturated rings. The van der Waals surface area contributed by atoms with Gasteiger partial charge in [0.05, 0.1) is 6.10 Å². The van der Waals surface area contributed by atoms with Crippen LogP contribution in [-0.2, 0) is 4.74 Å². The summed E-state index contributed by atoms with van der Waals surface area (Å²) < 4.78 is 5.43. The van der Waals surface area contributed by atoms with Crippen LogP contribution in [0.2, 0.25) is 0 Å². The first-order valence-corrected chi connectivity index (χ1v) is 11.3. The fraction of sp³-hybridized carbons (Fsp3) is 1.00. The van der Waals surface area contributed by atoms with Gasteiger partial charge in [-0.15, -0.1) is 0 Å². The second-order valence-electron chi connectivity index (χ2n) is 10.0. The minimum atomic E-state index is 0.560. The third-order valence-corrected chi connectivity index (χ3v) is 8.23. The largest absolute Gasteiger partial charge is 0.381 e. The van der Waals surface area contributed by atoms with E-state index in [-0.39, 0.29) is 0 Å². The van der Waals surface area contributed by atoms with Gasteiger partial charge in [0.1, 0.15) is 0 Å². The van der Waals surface area contributed by atoms with Crippen molar-refractivity contribution in [3.05, 3.63) is 0 Å². The van der Waals surface area contributed by atoms with Gasteiger partial charge in [-0.3, -0.25) is 0 Å². The molecule has 0 bridgehead atoms. The van der Waals surface area contributed by atoms with Crippen LogP contribution in [0.3, 0.4) is 0 Å². The Labute approximate surface area is 161 Å². The zero-order chi connectivity index (χ0) is 18.0. The summed E-state index contributed by atoms with van der Waals surface area (Å²) in [6.45, 7) is 10.8. The predicted octanol–water partition coefficient (Wildman–Crippen LogP) is 2.93. The van der Waals surface area contributed by atoms with E-state index in [4.69, 9.17) is 4.74 Å². The highest BCUT2D eigenvalue weighted by Crippen LogP contribution is 2.41. The molecule has 4 aliphatic rings. The van der Waals surface area contributed by atoms with Crippen LogP contribution < -0.4 is 0 Å². The normalized spacial score (nSPS) is 34.8. The van der Waals surface area contributed by atoms with Gasteiger partial charge in [0.15, 0.2) is 0 Å². The van der Waals surface area contributed by atoms with E-state index < -0.39 is 0 Å². The van der Waals surface area contributed by atoms with Crippen LogP contribution >= 0.6 is 0 Å². The van der Waals surface area contributed by atoms with Crippen molar-refractivity contribution < 1.29 is 4.74 Å². The average molecular weight is 364 g/mol. The zero-order valence-electron chi connectivity index (χ0n) is 17.3. The van der Waals surface area contributed by atoms with Gasteiger partial charge in [-0.1, -0.05) is 0 Å². The van der Waals surface area contributed by atoms with Gasteiger partial charge in [0, 0.05) is 20.2 Å². The van der Waals surface area contributed by atoms with Gasteiger partial charge in [-0.2, -0.15) is 0 Å². The third-order valence-electron chi connectivity index (χ3n) is 8.23. The summed E-state index contributed by atoms with van der Waals surface area (Å²) >= 11 is 0. The molecule has 0 aromatic rings. The minimum absolute atomic E-state index is 0.560. The van der Waals surface area contributed by atoms with Crippen molar-refractivity contribution in [3.63, 3.8) is 0 Å². The molecule has 0 atom stereocenters. The highest BCUT2D eigenvalue weighted by Gasteiger charge is 2.37. The van der Waals surface area contributed by atoms with E-state index in [1.54, 1.807) is 0 Å². The fourth-order valence-electron chi connectivity index (χ4n) is 5.90. The second-order valence-corrected chi connectivity index (χ2v) is 10.0. The van der Waals surface area contributed by atoms with Gasteiger partial charge in [0.2, 0.25) is 0 Å². The van der Waals surface area contributed by atoms with Gasteiger partial charge >= 0.3 is 0 Å². The van der Waals surface area contributed by atoms with Gasteiger partial charge < -0.3 is 19.4 Å². The molecule has 3 saturated heterocycles. The summed E-state index contributed by atoms with van der Waals surface area (Å²) in [5.74, 6) is 1.86. The molecule has 1 saturated carbocycles. The van der Waals surface area contributed by atoms with Gasteiger partial charge in [-0.05, 0) is 115 Å². The monoisotopic (exact) mass is 363 g/mol. The van der Waals surface area contributed by atoms with E-state index in [1.807, 2.05) is 7.11 Å². The first-order valence-electron chi connectivity index (χ1n) is 11.3. The quantitative estimate of drug-likeness (QED) is 0.747. The standard InChI is InChI=1S/C22H41N3O/c1-23-11-5-22(6-12-23)7-13-25(14-8-22)17-19-3-9-24(10-4-19)18-20-15-21(16-20)26-2/h19-21H,3-18H2,1-2H3/t20-,21-. The van der Waals surface area contributed by atoms with E-state index in [1.165, 1.54) is 104 Å². The molecule has 4 heteroatoms. The maximum absolute atomic E-state index is 5.43. The van der Waals surface area contributed by atoms with Gasteiger partial charge in [-0.25, -0.2) is 0 Å². The van der Waals surface area contributed by atoms with Crippen molar-refractivity contribution in [3.8, 4) is 0 Å².